The van der Waals surface area contributed by atoms with E-state index in [4.69, 9.17) is 11.6 Å². The van der Waals surface area contributed by atoms with Crippen molar-refractivity contribution in [3.63, 3.8) is 0 Å². The van der Waals surface area contributed by atoms with E-state index in [1.165, 1.54) is 17.0 Å². The van der Waals surface area contributed by atoms with Gasteiger partial charge in [-0.15, -0.1) is 11.3 Å². The van der Waals surface area contributed by atoms with Gasteiger partial charge in [0.05, 0.1) is 4.34 Å². The van der Waals surface area contributed by atoms with E-state index in [0.717, 1.165) is 29.3 Å². The summed E-state index contributed by atoms with van der Waals surface area (Å²) in [5, 5.41) is 3.50. The molecule has 0 aliphatic heterocycles. The van der Waals surface area contributed by atoms with Gasteiger partial charge >= 0.3 is 0 Å². The van der Waals surface area contributed by atoms with Crippen LogP contribution in [0.15, 0.2) is 36.4 Å². The highest BCUT2D eigenvalue weighted by Gasteiger charge is 2.12. The van der Waals surface area contributed by atoms with E-state index in [1.54, 1.807) is 11.3 Å². The quantitative estimate of drug-likeness (QED) is 0.806. The summed E-state index contributed by atoms with van der Waals surface area (Å²) >= 11 is 7.56. The lowest BCUT2D eigenvalue weighted by atomic mass is 10.0. The molecule has 0 radical (unpaired) electrons. The van der Waals surface area contributed by atoms with E-state index in [9.17, 15) is 4.39 Å². The van der Waals surface area contributed by atoms with Gasteiger partial charge in [-0.2, -0.15) is 0 Å². The molecule has 1 heterocycles. The van der Waals surface area contributed by atoms with Gasteiger partial charge in [0.25, 0.3) is 0 Å². The lowest BCUT2D eigenvalue weighted by Gasteiger charge is -2.18. The van der Waals surface area contributed by atoms with Crippen molar-refractivity contribution in [2.24, 2.45) is 0 Å². The van der Waals surface area contributed by atoms with Crippen molar-refractivity contribution < 1.29 is 4.39 Å². The molecule has 0 fully saturated rings. The number of thiophene rings is 1. The SMILES string of the molecule is CCCNC(Cc1ccc(Cl)s1)c1ccc(F)cc1. The first-order chi connectivity index (χ1) is 9.19. The van der Waals surface area contributed by atoms with Gasteiger partial charge in [0, 0.05) is 17.3 Å². The van der Waals surface area contributed by atoms with Crippen LogP contribution < -0.4 is 5.32 Å². The van der Waals surface area contributed by atoms with Crippen molar-refractivity contribution in [1.29, 1.82) is 0 Å². The van der Waals surface area contributed by atoms with Crippen molar-refractivity contribution in [2.75, 3.05) is 6.54 Å². The van der Waals surface area contributed by atoms with Crippen LogP contribution in [0.3, 0.4) is 0 Å². The van der Waals surface area contributed by atoms with Gasteiger partial charge in [-0.1, -0.05) is 30.7 Å². The summed E-state index contributed by atoms with van der Waals surface area (Å²) in [4.78, 5) is 1.24. The molecule has 0 bridgehead atoms. The molecule has 0 saturated heterocycles. The molecular formula is C15H17ClFNS. The molecule has 4 heteroatoms. The Morgan fingerprint density at radius 3 is 2.53 bits per heavy atom. The van der Waals surface area contributed by atoms with Crippen LogP contribution in [0.25, 0.3) is 0 Å². The summed E-state index contributed by atoms with van der Waals surface area (Å²) in [6, 6.07) is 10.9. The van der Waals surface area contributed by atoms with Crippen molar-refractivity contribution in [3.8, 4) is 0 Å². The summed E-state index contributed by atoms with van der Waals surface area (Å²) in [6.07, 6.45) is 1.95. The molecule has 2 aromatic rings. The van der Waals surface area contributed by atoms with Crippen molar-refractivity contribution in [3.05, 3.63) is 57.0 Å². The number of hydrogen-bond acceptors (Lipinski definition) is 2. The number of benzene rings is 1. The average Bonchev–Trinajstić information content (AvgIpc) is 2.81. The summed E-state index contributed by atoms with van der Waals surface area (Å²) in [5.41, 5.74) is 1.11. The molecule has 0 amide bonds. The van der Waals surface area contributed by atoms with Gasteiger partial charge in [0.2, 0.25) is 0 Å². The minimum Gasteiger partial charge on any atom is -0.310 e. The van der Waals surface area contributed by atoms with E-state index in [2.05, 4.69) is 18.3 Å². The van der Waals surface area contributed by atoms with Gasteiger partial charge in [0.1, 0.15) is 5.82 Å². The fourth-order valence-electron chi connectivity index (χ4n) is 1.98. The van der Waals surface area contributed by atoms with Crippen LogP contribution in [0.4, 0.5) is 4.39 Å². The molecule has 1 atom stereocenters. The maximum Gasteiger partial charge on any atom is 0.123 e. The third-order valence-electron chi connectivity index (χ3n) is 2.95. The summed E-state index contributed by atoms with van der Waals surface area (Å²) in [6.45, 7) is 3.08. The zero-order valence-electron chi connectivity index (χ0n) is 10.8. The minimum absolute atomic E-state index is 0.197. The fourth-order valence-corrected chi connectivity index (χ4v) is 3.12. The Kier molecular flexibility index (Phi) is 5.37. The Morgan fingerprint density at radius 1 is 1.21 bits per heavy atom. The Balaban J connectivity index is 2.13. The second kappa shape index (κ2) is 7.04. The highest BCUT2D eigenvalue weighted by molar-refractivity contribution is 7.16. The van der Waals surface area contributed by atoms with E-state index >= 15 is 0 Å². The van der Waals surface area contributed by atoms with Crippen LogP contribution in [-0.4, -0.2) is 6.54 Å². The predicted octanol–water partition coefficient (Wildman–Crippen LogP) is 4.82. The molecule has 1 N–H and O–H groups in total. The van der Waals surface area contributed by atoms with Crippen molar-refractivity contribution in [2.45, 2.75) is 25.8 Å². The first-order valence-electron chi connectivity index (χ1n) is 6.42. The molecule has 1 nitrogen and oxygen atoms in total. The second-order valence-corrected chi connectivity index (χ2v) is 6.27. The number of hydrogen-bond donors (Lipinski definition) is 1. The molecule has 1 aromatic heterocycles. The summed E-state index contributed by atoms with van der Waals surface area (Å²) in [7, 11) is 0. The minimum atomic E-state index is -0.197. The maximum absolute atomic E-state index is 13.0. The first-order valence-corrected chi connectivity index (χ1v) is 7.61. The van der Waals surface area contributed by atoms with E-state index in [0.29, 0.717) is 0 Å². The Hall–Kier alpha value is -0.900. The van der Waals surface area contributed by atoms with Gasteiger partial charge in [-0.25, -0.2) is 4.39 Å². The third-order valence-corrected chi connectivity index (χ3v) is 4.20. The van der Waals surface area contributed by atoms with Gasteiger partial charge in [-0.05, 0) is 42.8 Å². The van der Waals surface area contributed by atoms with E-state index in [-0.39, 0.29) is 11.9 Å². The van der Waals surface area contributed by atoms with Crippen LogP contribution in [0.2, 0.25) is 4.34 Å². The van der Waals surface area contributed by atoms with Crippen LogP contribution in [0.1, 0.15) is 29.8 Å². The van der Waals surface area contributed by atoms with Gasteiger partial charge in [-0.3, -0.25) is 0 Å². The smallest absolute Gasteiger partial charge is 0.123 e. The molecule has 19 heavy (non-hydrogen) atoms. The number of rotatable bonds is 6. The number of nitrogens with one attached hydrogen (secondary N) is 1. The Bertz CT molecular complexity index is 509. The standard InChI is InChI=1S/C15H17ClFNS/c1-2-9-18-14(10-13-7-8-15(16)19-13)11-3-5-12(17)6-4-11/h3-8,14,18H,2,9-10H2,1H3. The normalized spacial score (nSPS) is 12.6. The maximum atomic E-state index is 13.0. The molecule has 1 aromatic carbocycles. The average molecular weight is 298 g/mol. The lowest BCUT2D eigenvalue weighted by molar-refractivity contribution is 0.530. The first kappa shape index (κ1) is 14.5. The number of halogens is 2. The zero-order chi connectivity index (χ0) is 13.7. The highest BCUT2D eigenvalue weighted by atomic mass is 35.5. The molecule has 0 spiro atoms. The topological polar surface area (TPSA) is 12.0 Å². The molecular weight excluding hydrogens is 281 g/mol. The predicted molar refractivity (Wildman–Crippen MR) is 80.5 cm³/mol. The molecule has 0 aliphatic carbocycles. The third kappa shape index (κ3) is 4.30. The van der Waals surface area contributed by atoms with Gasteiger partial charge in [0.15, 0.2) is 0 Å². The molecule has 1 unspecified atom stereocenters. The summed E-state index contributed by atoms with van der Waals surface area (Å²) in [5.74, 6) is -0.197. The lowest BCUT2D eigenvalue weighted by Crippen LogP contribution is -2.23. The monoisotopic (exact) mass is 297 g/mol. The van der Waals surface area contributed by atoms with Gasteiger partial charge < -0.3 is 5.32 Å². The Labute approximate surface area is 122 Å². The van der Waals surface area contributed by atoms with Crippen LogP contribution >= 0.6 is 22.9 Å². The highest BCUT2D eigenvalue weighted by Crippen LogP contribution is 2.26. The molecule has 0 saturated carbocycles. The van der Waals surface area contributed by atoms with E-state index in [1.807, 2.05) is 18.2 Å². The van der Waals surface area contributed by atoms with Crippen LogP contribution in [-0.2, 0) is 6.42 Å². The molecule has 102 valence electrons. The molecule has 0 aliphatic rings. The Morgan fingerprint density at radius 2 is 1.95 bits per heavy atom. The van der Waals surface area contributed by atoms with Crippen molar-refractivity contribution >= 4 is 22.9 Å². The largest absolute Gasteiger partial charge is 0.310 e. The summed E-state index contributed by atoms with van der Waals surface area (Å²) < 4.78 is 13.8. The second-order valence-electron chi connectivity index (χ2n) is 4.47. The zero-order valence-corrected chi connectivity index (χ0v) is 12.4. The fraction of sp³-hybridized carbons (Fsp3) is 0.333. The van der Waals surface area contributed by atoms with Crippen LogP contribution in [0, 0.1) is 5.82 Å². The molecule has 2 rings (SSSR count). The van der Waals surface area contributed by atoms with Crippen molar-refractivity contribution in [1.82, 2.24) is 5.32 Å². The van der Waals surface area contributed by atoms with Crippen LogP contribution in [0.5, 0.6) is 0 Å². The van der Waals surface area contributed by atoms with E-state index < -0.39 is 0 Å².